The maximum atomic E-state index is 6.42. The second-order valence-corrected chi connectivity index (χ2v) is 6.59. The maximum absolute atomic E-state index is 6.42. The highest BCUT2D eigenvalue weighted by atomic mass is 16.5. The summed E-state index contributed by atoms with van der Waals surface area (Å²) in [6, 6.07) is 19.0. The molecule has 1 aliphatic heterocycles. The predicted octanol–water partition coefficient (Wildman–Crippen LogP) is 5.54. The monoisotopic (exact) mass is 324 g/mol. The Morgan fingerprint density at radius 2 is 1.84 bits per heavy atom. The normalized spacial score (nSPS) is 12.1. The largest absolute Gasteiger partial charge is 0.449 e. The van der Waals surface area contributed by atoms with Crippen molar-refractivity contribution in [3.8, 4) is 22.8 Å². The summed E-state index contributed by atoms with van der Waals surface area (Å²) in [4.78, 5) is 0. The van der Waals surface area contributed by atoms with E-state index in [0.717, 1.165) is 28.1 Å². The average molecular weight is 324 g/mol. The minimum atomic E-state index is 0.894. The second kappa shape index (κ2) is 4.93. The maximum Gasteiger partial charge on any atom is 0.257 e. The molecule has 4 aromatic rings. The number of aromatic nitrogens is 1. The molecule has 0 unspecified atom stereocenters. The average Bonchev–Trinajstić information content (AvgIpc) is 2.64. The lowest BCUT2D eigenvalue weighted by Gasteiger charge is -2.23. The number of nitrogens with zero attached hydrogens (tertiary/aromatic N) is 1. The summed E-state index contributed by atoms with van der Waals surface area (Å²) in [7, 11) is 2.11. The van der Waals surface area contributed by atoms with E-state index in [1.54, 1.807) is 0 Å². The fourth-order valence-corrected chi connectivity index (χ4v) is 4.05. The molecule has 0 saturated heterocycles. The molecule has 2 heteroatoms. The third-order valence-corrected chi connectivity index (χ3v) is 5.22. The van der Waals surface area contributed by atoms with E-state index in [9.17, 15) is 0 Å². The Hall–Kier alpha value is -3.13. The van der Waals surface area contributed by atoms with Crippen molar-refractivity contribution in [2.75, 3.05) is 0 Å². The van der Waals surface area contributed by atoms with Crippen LogP contribution in [0, 0.1) is 6.92 Å². The summed E-state index contributed by atoms with van der Waals surface area (Å²) in [5.41, 5.74) is 5.86. The highest BCUT2D eigenvalue weighted by molar-refractivity contribution is 6.06. The Morgan fingerprint density at radius 3 is 2.68 bits per heavy atom. The Labute approximate surface area is 146 Å². The number of ether oxygens (including phenoxy) is 1. The van der Waals surface area contributed by atoms with Gasteiger partial charge in [-0.25, -0.2) is 0 Å². The summed E-state index contributed by atoms with van der Waals surface area (Å²) in [5.74, 6) is 1.81. The van der Waals surface area contributed by atoms with Crippen molar-refractivity contribution in [1.82, 2.24) is 0 Å². The molecule has 25 heavy (non-hydrogen) atoms. The summed E-state index contributed by atoms with van der Waals surface area (Å²) < 4.78 is 8.67. The molecule has 0 aliphatic carbocycles. The summed E-state index contributed by atoms with van der Waals surface area (Å²) in [6.45, 7) is 6.23. The standard InChI is InChI=1S/C23H18NO/c1-4-16-17-9-5-6-10-18(17)24(3)22-20-14(2)12-13-15-8-7-11-19(21(15)20)25-23(16)22/h4-13H,1H2,2-3H3/q+1. The first-order chi connectivity index (χ1) is 12.2. The van der Waals surface area contributed by atoms with Gasteiger partial charge in [0.1, 0.15) is 12.8 Å². The minimum Gasteiger partial charge on any atom is -0.449 e. The van der Waals surface area contributed by atoms with E-state index in [1.165, 1.54) is 27.4 Å². The SMILES string of the molecule is C=Cc1c2c([n+](C)c3ccccc13)-c1c(C)ccc3cccc(c13)O2. The molecule has 3 aromatic carbocycles. The van der Waals surface area contributed by atoms with Crippen molar-refractivity contribution in [3.63, 3.8) is 0 Å². The van der Waals surface area contributed by atoms with Crippen LogP contribution in [-0.2, 0) is 7.05 Å². The third-order valence-electron chi connectivity index (χ3n) is 5.22. The molecular formula is C23H18NO+. The van der Waals surface area contributed by atoms with Crippen LogP contribution in [0.25, 0.3) is 39.0 Å². The zero-order valence-corrected chi connectivity index (χ0v) is 14.3. The van der Waals surface area contributed by atoms with Gasteiger partial charge in [0.05, 0.1) is 10.9 Å². The zero-order valence-electron chi connectivity index (χ0n) is 14.3. The predicted molar refractivity (Wildman–Crippen MR) is 103 cm³/mol. The lowest BCUT2D eigenvalue weighted by molar-refractivity contribution is -0.633. The molecule has 2 heterocycles. The topological polar surface area (TPSA) is 13.1 Å². The molecule has 0 amide bonds. The molecule has 0 radical (unpaired) electrons. The quantitative estimate of drug-likeness (QED) is 0.369. The Bertz CT molecular complexity index is 1200. The number of para-hydroxylation sites is 1. The molecular weight excluding hydrogens is 306 g/mol. The van der Waals surface area contributed by atoms with Crippen LogP contribution in [0.3, 0.4) is 0 Å². The van der Waals surface area contributed by atoms with Crippen LogP contribution in [0.4, 0.5) is 0 Å². The lowest BCUT2D eigenvalue weighted by atomic mass is 9.91. The molecule has 0 N–H and O–H groups in total. The first-order valence-corrected chi connectivity index (χ1v) is 8.48. The van der Waals surface area contributed by atoms with Gasteiger partial charge in [-0.1, -0.05) is 49.1 Å². The van der Waals surface area contributed by atoms with E-state index < -0.39 is 0 Å². The van der Waals surface area contributed by atoms with Crippen molar-refractivity contribution < 1.29 is 9.30 Å². The Balaban J connectivity index is 2.07. The molecule has 1 aliphatic rings. The number of pyridine rings is 1. The van der Waals surface area contributed by atoms with Crippen molar-refractivity contribution >= 4 is 27.8 Å². The van der Waals surface area contributed by atoms with E-state index in [1.807, 2.05) is 6.08 Å². The first-order valence-electron chi connectivity index (χ1n) is 8.48. The van der Waals surface area contributed by atoms with Crippen LogP contribution in [0.5, 0.6) is 11.5 Å². The van der Waals surface area contributed by atoms with Gasteiger partial charge in [-0.3, -0.25) is 0 Å². The van der Waals surface area contributed by atoms with Gasteiger partial charge in [0, 0.05) is 17.0 Å². The van der Waals surface area contributed by atoms with Crippen LogP contribution in [0.15, 0.2) is 61.2 Å². The van der Waals surface area contributed by atoms with Crippen molar-refractivity contribution in [3.05, 3.63) is 72.3 Å². The Morgan fingerprint density at radius 1 is 1.00 bits per heavy atom. The minimum absolute atomic E-state index is 0.894. The van der Waals surface area contributed by atoms with E-state index in [4.69, 9.17) is 4.74 Å². The van der Waals surface area contributed by atoms with Gasteiger partial charge in [-0.2, -0.15) is 4.57 Å². The lowest BCUT2D eigenvalue weighted by Crippen LogP contribution is -2.34. The highest BCUT2D eigenvalue weighted by Gasteiger charge is 2.32. The summed E-state index contributed by atoms with van der Waals surface area (Å²) >= 11 is 0. The van der Waals surface area contributed by atoms with Crippen LogP contribution in [0.1, 0.15) is 11.1 Å². The number of aryl methyl sites for hydroxylation is 2. The van der Waals surface area contributed by atoms with E-state index in [2.05, 4.69) is 79.7 Å². The fourth-order valence-electron chi connectivity index (χ4n) is 4.05. The van der Waals surface area contributed by atoms with Gasteiger partial charge >= 0.3 is 0 Å². The van der Waals surface area contributed by atoms with Crippen LogP contribution in [0.2, 0.25) is 0 Å². The highest BCUT2D eigenvalue weighted by Crippen LogP contribution is 2.49. The van der Waals surface area contributed by atoms with Gasteiger partial charge in [0.15, 0.2) is 0 Å². The first kappa shape index (κ1) is 14.2. The van der Waals surface area contributed by atoms with Crippen molar-refractivity contribution in [2.24, 2.45) is 7.05 Å². The van der Waals surface area contributed by atoms with E-state index in [-0.39, 0.29) is 0 Å². The molecule has 0 atom stereocenters. The summed E-state index contributed by atoms with van der Waals surface area (Å²) in [5, 5.41) is 3.55. The number of rotatable bonds is 1. The number of benzene rings is 3. The molecule has 0 saturated carbocycles. The van der Waals surface area contributed by atoms with Crippen LogP contribution < -0.4 is 9.30 Å². The fraction of sp³-hybridized carbons (Fsp3) is 0.0870. The molecule has 120 valence electrons. The third kappa shape index (κ3) is 1.77. The van der Waals surface area contributed by atoms with Crippen LogP contribution >= 0.6 is 0 Å². The molecule has 5 rings (SSSR count). The van der Waals surface area contributed by atoms with Gasteiger partial charge in [-0.15, -0.1) is 0 Å². The van der Waals surface area contributed by atoms with Gasteiger partial charge in [0.25, 0.3) is 5.69 Å². The molecule has 2 nitrogen and oxygen atoms in total. The number of fused-ring (bicyclic) bond motifs is 3. The van der Waals surface area contributed by atoms with E-state index >= 15 is 0 Å². The van der Waals surface area contributed by atoms with Crippen molar-refractivity contribution in [2.45, 2.75) is 6.92 Å². The second-order valence-electron chi connectivity index (χ2n) is 6.59. The Kier molecular flexibility index (Phi) is 2.81. The van der Waals surface area contributed by atoms with Gasteiger partial charge < -0.3 is 4.74 Å². The smallest absolute Gasteiger partial charge is 0.257 e. The van der Waals surface area contributed by atoms with Crippen LogP contribution in [-0.4, -0.2) is 0 Å². The van der Waals surface area contributed by atoms with Crippen molar-refractivity contribution in [1.29, 1.82) is 0 Å². The van der Waals surface area contributed by atoms with E-state index in [0.29, 0.717) is 0 Å². The summed E-state index contributed by atoms with van der Waals surface area (Å²) in [6.07, 6.45) is 1.91. The zero-order chi connectivity index (χ0) is 17.1. The van der Waals surface area contributed by atoms with Gasteiger partial charge in [0.2, 0.25) is 11.3 Å². The number of hydrogen-bond acceptors (Lipinski definition) is 1. The van der Waals surface area contributed by atoms with Gasteiger partial charge in [-0.05, 0) is 30.0 Å². The molecule has 0 spiro atoms. The molecule has 0 fully saturated rings. The molecule has 1 aromatic heterocycles. The number of hydrogen-bond donors (Lipinski definition) is 0. The molecule has 0 bridgehead atoms.